The normalized spacial score (nSPS) is 10.6. The number of thiophene rings is 1. The highest BCUT2D eigenvalue weighted by Crippen LogP contribution is 2.20. The summed E-state index contributed by atoms with van der Waals surface area (Å²) in [5.41, 5.74) is 2.82. The molecule has 0 radical (unpaired) electrons. The van der Waals surface area contributed by atoms with Gasteiger partial charge in [0.15, 0.2) is 0 Å². The summed E-state index contributed by atoms with van der Waals surface area (Å²) < 4.78 is 5.61. The average molecular weight is 222 g/mol. The molecular weight excluding hydrogens is 210 g/mol. The van der Waals surface area contributed by atoms with Gasteiger partial charge in [-0.1, -0.05) is 11.6 Å². The van der Waals surface area contributed by atoms with Crippen molar-refractivity contribution in [3.8, 4) is 0 Å². The maximum atomic E-state index is 5.75. The molecule has 0 aliphatic carbocycles. The Balaban J connectivity index is 2.06. The van der Waals surface area contributed by atoms with E-state index < -0.39 is 0 Å². The van der Waals surface area contributed by atoms with Crippen molar-refractivity contribution in [3.05, 3.63) is 21.3 Å². The quantitative estimate of drug-likeness (QED) is 0.589. The Kier molecular flexibility index (Phi) is 5.34. The predicted molar refractivity (Wildman–Crippen MR) is 54.0 cm³/mol. The molecule has 0 saturated heterocycles. The summed E-state index contributed by atoms with van der Waals surface area (Å²) in [7, 11) is 1.64. The molecule has 0 atom stereocenters. The van der Waals surface area contributed by atoms with E-state index >= 15 is 0 Å². The highest BCUT2D eigenvalue weighted by Gasteiger charge is 1.96. The SMILES string of the molecule is COCCONCc1ccc(Cl)s1. The molecule has 3 nitrogen and oxygen atoms in total. The summed E-state index contributed by atoms with van der Waals surface area (Å²) in [6.45, 7) is 1.83. The molecular formula is C8H12ClNO2S. The van der Waals surface area contributed by atoms with E-state index in [0.717, 1.165) is 9.21 Å². The van der Waals surface area contributed by atoms with E-state index in [-0.39, 0.29) is 0 Å². The number of nitrogens with one attached hydrogen (secondary N) is 1. The number of methoxy groups -OCH3 is 1. The minimum absolute atomic E-state index is 0.551. The number of ether oxygens (including phenoxy) is 1. The molecule has 0 aliphatic heterocycles. The molecule has 1 aromatic heterocycles. The Bertz CT molecular complexity index is 242. The van der Waals surface area contributed by atoms with Gasteiger partial charge in [-0.25, -0.2) is 0 Å². The summed E-state index contributed by atoms with van der Waals surface area (Å²) in [6, 6.07) is 3.85. The van der Waals surface area contributed by atoms with Crippen molar-refractivity contribution in [1.29, 1.82) is 0 Å². The van der Waals surface area contributed by atoms with Gasteiger partial charge in [0.25, 0.3) is 0 Å². The first kappa shape index (κ1) is 10.9. The van der Waals surface area contributed by atoms with Gasteiger partial charge in [0.2, 0.25) is 0 Å². The number of halogens is 1. The Morgan fingerprint density at radius 2 is 2.31 bits per heavy atom. The van der Waals surface area contributed by atoms with Gasteiger partial charge in [-0.15, -0.1) is 11.3 Å². The van der Waals surface area contributed by atoms with Crippen LogP contribution in [0.1, 0.15) is 4.88 Å². The summed E-state index contributed by atoms with van der Waals surface area (Å²) in [4.78, 5) is 6.23. The molecule has 0 aromatic carbocycles. The van der Waals surface area contributed by atoms with Gasteiger partial charge >= 0.3 is 0 Å². The molecule has 0 bridgehead atoms. The number of hydrogen-bond acceptors (Lipinski definition) is 4. The van der Waals surface area contributed by atoms with Gasteiger partial charge < -0.3 is 4.74 Å². The molecule has 0 amide bonds. The summed E-state index contributed by atoms with van der Waals surface area (Å²) >= 11 is 7.30. The molecule has 13 heavy (non-hydrogen) atoms. The first-order valence-corrected chi connectivity index (χ1v) is 5.10. The van der Waals surface area contributed by atoms with E-state index in [1.807, 2.05) is 12.1 Å². The molecule has 0 aliphatic rings. The van der Waals surface area contributed by atoms with E-state index in [2.05, 4.69) is 5.48 Å². The van der Waals surface area contributed by atoms with Crippen LogP contribution in [-0.4, -0.2) is 20.3 Å². The van der Waals surface area contributed by atoms with Gasteiger partial charge in [0.05, 0.1) is 24.1 Å². The van der Waals surface area contributed by atoms with Crippen LogP contribution in [0.15, 0.2) is 12.1 Å². The molecule has 0 saturated carbocycles. The lowest BCUT2D eigenvalue weighted by Gasteiger charge is -2.02. The second-order valence-corrected chi connectivity index (χ2v) is 4.17. The van der Waals surface area contributed by atoms with Crippen LogP contribution in [0.4, 0.5) is 0 Å². The van der Waals surface area contributed by atoms with Crippen LogP contribution >= 0.6 is 22.9 Å². The molecule has 0 unspecified atom stereocenters. The average Bonchev–Trinajstić information content (AvgIpc) is 2.51. The van der Waals surface area contributed by atoms with Crippen LogP contribution in [0, 0.1) is 0 Å². The molecule has 1 rings (SSSR count). The molecule has 0 spiro atoms. The molecule has 1 N–H and O–H groups in total. The van der Waals surface area contributed by atoms with Gasteiger partial charge in [-0.2, -0.15) is 5.48 Å². The van der Waals surface area contributed by atoms with Crippen molar-refractivity contribution in [2.24, 2.45) is 0 Å². The smallest absolute Gasteiger partial charge is 0.0931 e. The van der Waals surface area contributed by atoms with Crippen molar-refractivity contribution >= 4 is 22.9 Å². The van der Waals surface area contributed by atoms with Crippen LogP contribution in [0.25, 0.3) is 0 Å². The Hall–Kier alpha value is -0.130. The first-order valence-electron chi connectivity index (χ1n) is 3.90. The van der Waals surface area contributed by atoms with E-state index in [1.165, 1.54) is 0 Å². The van der Waals surface area contributed by atoms with Crippen molar-refractivity contribution in [3.63, 3.8) is 0 Å². The highest BCUT2D eigenvalue weighted by atomic mass is 35.5. The fourth-order valence-electron chi connectivity index (χ4n) is 0.766. The van der Waals surface area contributed by atoms with E-state index in [9.17, 15) is 0 Å². The van der Waals surface area contributed by atoms with Crippen LogP contribution in [0.2, 0.25) is 4.34 Å². The van der Waals surface area contributed by atoms with Crippen molar-refractivity contribution in [1.82, 2.24) is 5.48 Å². The van der Waals surface area contributed by atoms with Crippen molar-refractivity contribution < 1.29 is 9.57 Å². The van der Waals surface area contributed by atoms with E-state index in [1.54, 1.807) is 18.4 Å². The third kappa shape index (κ3) is 4.59. The molecule has 1 heterocycles. The van der Waals surface area contributed by atoms with Gasteiger partial charge in [0, 0.05) is 12.0 Å². The zero-order valence-electron chi connectivity index (χ0n) is 7.38. The molecule has 1 aromatic rings. The zero-order valence-corrected chi connectivity index (χ0v) is 8.95. The van der Waals surface area contributed by atoms with Crippen molar-refractivity contribution in [2.45, 2.75) is 6.54 Å². The fraction of sp³-hybridized carbons (Fsp3) is 0.500. The first-order chi connectivity index (χ1) is 6.33. The third-order valence-electron chi connectivity index (χ3n) is 1.37. The largest absolute Gasteiger partial charge is 0.382 e. The number of rotatable bonds is 6. The predicted octanol–water partition coefficient (Wildman–Crippen LogP) is 2.07. The number of hydrogen-bond donors (Lipinski definition) is 1. The lowest BCUT2D eigenvalue weighted by Crippen LogP contribution is -2.16. The van der Waals surface area contributed by atoms with Crippen LogP contribution in [0.3, 0.4) is 0 Å². The maximum absolute atomic E-state index is 5.75. The standard InChI is InChI=1S/C8H12ClNO2S/c1-11-4-5-12-10-6-7-2-3-8(9)13-7/h2-3,10H,4-6H2,1H3. The summed E-state index contributed by atoms with van der Waals surface area (Å²) in [6.07, 6.45) is 0. The summed E-state index contributed by atoms with van der Waals surface area (Å²) in [5.74, 6) is 0. The van der Waals surface area contributed by atoms with Crippen molar-refractivity contribution in [2.75, 3.05) is 20.3 Å². The van der Waals surface area contributed by atoms with Crippen LogP contribution in [-0.2, 0) is 16.1 Å². The van der Waals surface area contributed by atoms with Gasteiger partial charge in [-0.05, 0) is 12.1 Å². The summed E-state index contributed by atoms with van der Waals surface area (Å²) in [5, 5.41) is 0. The highest BCUT2D eigenvalue weighted by molar-refractivity contribution is 7.16. The molecule has 0 fully saturated rings. The topological polar surface area (TPSA) is 30.5 Å². The number of hydroxylamine groups is 1. The monoisotopic (exact) mass is 221 g/mol. The zero-order chi connectivity index (χ0) is 9.52. The Labute approximate surface area is 86.6 Å². The fourth-order valence-corrected chi connectivity index (χ4v) is 1.78. The minimum atomic E-state index is 0.551. The maximum Gasteiger partial charge on any atom is 0.0931 e. The van der Waals surface area contributed by atoms with Crippen LogP contribution < -0.4 is 5.48 Å². The van der Waals surface area contributed by atoms with Gasteiger partial charge in [0.1, 0.15) is 0 Å². The second-order valence-electron chi connectivity index (χ2n) is 2.37. The second kappa shape index (κ2) is 6.34. The Morgan fingerprint density at radius 3 is 2.92 bits per heavy atom. The Morgan fingerprint density at radius 1 is 1.46 bits per heavy atom. The molecule has 5 heteroatoms. The minimum Gasteiger partial charge on any atom is -0.382 e. The third-order valence-corrected chi connectivity index (χ3v) is 2.60. The van der Waals surface area contributed by atoms with Crippen LogP contribution in [0.5, 0.6) is 0 Å². The van der Waals surface area contributed by atoms with E-state index in [4.69, 9.17) is 21.2 Å². The van der Waals surface area contributed by atoms with E-state index in [0.29, 0.717) is 19.8 Å². The lowest BCUT2D eigenvalue weighted by atomic mass is 10.5. The lowest BCUT2D eigenvalue weighted by molar-refractivity contribution is 0.00387. The molecule has 74 valence electrons. The van der Waals surface area contributed by atoms with Gasteiger partial charge in [-0.3, -0.25) is 4.84 Å².